The molecule has 0 spiro atoms. The van der Waals surface area contributed by atoms with E-state index in [-0.39, 0.29) is 24.2 Å². The maximum Gasteiger partial charge on any atom is 0.336 e. The van der Waals surface area contributed by atoms with E-state index >= 15 is 0 Å². The lowest BCUT2D eigenvalue weighted by Crippen LogP contribution is -2.40. The molecule has 2 aliphatic rings. The second-order valence-electron chi connectivity index (χ2n) is 9.24. The molecule has 1 aliphatic carbocycles. The van der Waals surface area contributed by atoms with E-state index < -0.39 is 50.5 Å². The zero-order valence-electron chi connectivity index (χ0n) is 19.2. The Morgan fingerprint density at radius 2 is 2.00 bits per heavy atom. The van der Waals surface area contributed by atoms with E-state index in [1.165, 1.54) is 18.0 Å². The Kier molecular flexibility index (Phi) is 8.01. The van der Waals surface area contributed by atoms with Crippen LogP contribution in [0.3, 0.4) is 0 Å². The maximum absolute atomic E-state index is 12.1. The van der Waals surface area contributed by atoms with Crippen LogP contribution >= 0.6 is 19.2 Å². The molecule has 1 aliphatic heterocycles. The van der Waals surface area contributed by atoms with Gasteiger partial charge in [0.15, 0.2) is 11.9 Å². The van der Waals surface area contributed by atoms with Crippen LogP contribution in [0, 0.1) is 0 Å². The van der Waals surface area contributed by atoms with Crippen LogP contribution in [0.4, 0.5) is 5.82 Å². The Bertz CT molecular complexity index is 1080. The van der Waals surface area contributed by atoms with Crippen LogP contribution in [0.5, 0.6) is 0 Å². The average molecular weight is 536 g/mol. The normalized spacial score (nSPS) is 27.5. The summed E-state index contributed by atoms with van der Waals surface area (Å²) in [4.78, 5) is 28.1. The monoisotopic (exact) mass is 535 g/mol. The predicted octanol–water partition coefficient (Wildman–Crippen LogP) is 0.789. The van der Waals surface area contributed by atoms with Gasteiger partial charge in [0.2, 0.25) is 5.28 Å². The summed E-state index contributed by atoms with van der Waals surface area (Å²) in [5.74, 6) is 0.525. The number of rotatable bonds is 10. The van der Waals surface area contributed by atoms with E-state index in [0.29, 0.717) is 16.9 Å². The van der Waals surface area contributed by atoms with Gasteiger partial charge >= 0.3 is 7.60 Å². The molecule has 2 aromatic heterocycles. The van der Waals surface area contributed by atoms with E-state index in [2.05, 4.69) is 20.4 Å². The molecule has 1 saturated heterocycles. The summed E-state index contributed by atoms with van der Waals surface area (Å²) < 4.78 is 24.2. The fourth-order valence-electron chi connectivity index (χ4n) is 4.83. The van der Waals surface area contributed by atoms with Crippen LogP contribution in [0.15, 0.2) is 6.20 Å². The smallest absolute Gasteiger partial charge is 0.336 e. The Labute approximate surface area is 206 Å². The minimum absolute atomic E-state index is 0.0155. The summed E-state index contributed by atoms with van der Waals surface area (Å²) in [5.41, 5.74) is 0.307. The minimum Gasteiger partial charge on any atom is -0.395 e. The molecule has 0 bridgehead atoms. The van der Waals surface area contributed by atoms with Gasteiger partial charge in [0.05, 0.1) is 30.9 Å². The number of ether oxygens (including phenoxy) is 2. The van der Waals surface area contributed by atoms with Gasteiger partial charge in [0, 0.05) is 13.2 Å². The maximum atomic E-state index is 12.1. The molecule has 2 aromatic rings. The lowest BCUT2D eigenvalue weighted by molar-refractivity contribution is -0.0461. The Balaban J connectivity index is 1.56. The van der Waals surface area contributed by atoms with Gasteiger partial charge in [-0.25, -0.2) is 4.68 Å². The summed E-state index contributed by atoms with van der Waals surface area (Å²) in [6.07, 6.45) is 0.657. The molecule has 13 nitrogen and oxygen atoms in total. The first-order valence-electron chi connectivity index (χ1n) is 11.4. The first-order valence-corrected chi connectivity index (χ1v) is 13.4. The van der Waals surface area contributed by atoms with Crippen molar-refractivity contribution in [3.63, 3.8) is 0 Å². The summed E-state index contributed by atoms with van der Waals surface area (Å²) in [6.45, 7) is -1.21. The number of nitrogens with zero attached hydrogens (tertiary/aromatic N) is 4. The summed E-state index contributed by atoms with van der Waals surface area (Å²) >= 11 is 6.16. The number of hydrogen-bond donors (Lipinski definition) is 6. The Morgan fingerprint density at radius 3 is 2.63 bits per heavy atom. The van der Waals surface area contributed by atoms with Crippen molar-refractivity contribution < 1.29 is 39.1 Å². The van der Waals surface area contributed by atoms with Gasteiger partial charge in [-0.3, -0.25) is 4.57 Å². The Morgan fingerprint density at radius 1 is 1.29 bits per heavy atom. The third-order valence-electron chi connectivity index (χ3n) is 6.92. The number of nitrogens with one attached hydrogen (secondary N) is 1. The SMILES string of the molecule is COC[C@](CO)(CC[C@H]1O[C@@H](n2ncc3c(NC4CCCC4)nc(Cl)nc32)[C@H](O)[C@@H]1O)P(=O)(O)O. The largest absolute Gasteiger partial charge is 0.395 e. The predicted molar refractivity (Wildman–Crippen MR) is 125 cm³/mol. The second-order valence-corrected chi connectivity index (χ2v) is 11.6. The van der Waals surface area contributed by atoms with Gasteiger partial charge in [-0.2, -0.15) is 15.1 Å². The van der Waals surface area contributed by atoms with E-state index in [9.17, 15) is 29.7 Å². The van der Waals surface area contributed by atoms with Crippen molar-refractivity contribution in [1.29, 1.82) is 0 Å². The van der Waals surface area contributed by atoms with Crippen molar-refractivity contribution in [1.82, 2.24) is 19.7 Å². The first-order chi connectivity index (χ1) is 16.6. The third-order valence-corrected chi connectivity index (χ3v) is 8.82. The minimum atomic E-state index is -4.77. The quantitative estimate of drug-likeness (QED) is 0.185. The zero-order chi connectivity index (χ0) is 25.4. The highest BCUT2D eigenvalue weighted by molar-refractivity contribution is 7.53. The first kappa shape index (κ1) is 26.6. The molecular weight excluding hydrogens is 505 g/mol. The third kappa shape index (κ3) is 5.20. The van der Waals surface area contributed by atoms with Gasteiger partial charge in [-0.05, 0) is 37.3 Å². The molecule has 0 radical (unpaired) electrons. The number of fused-ring (bicyclic) bond motifs is 1. The topological polar surface area (TPSA) is 192 Å². The highest BCUT2D eigenvalue weighted by Gasteiger charge is 2.50. The molecule has 2 fully saturated rings. The van der Waals surface area contributed by atoms with Crippen LogP contribution < -0.4 is 5.32 Å². The van der Waals surface area contributed by atoms with E-state index in [1.54, 1.807) is 0 Å². The van der Waals surface area contributed by atoms with Crippen molar-refractivity contribution in [2.24, 2.45) is 0 Å². The number of anilines is 1. The highest BCUT2D eigenvalue weighted by Crippen LogP contribution is 2.53. The second kappa shape index (κ2) is 10.5. The number of aliphatic hydroxyl groups is 3. The van der Waals surface area contributed by atoms with Crippen LogP contribution in [-0.4, -0.2) is 94.7 Å². The van der Waals surface area contributed by atoms with Crippen molar-refractivity contribution in [2.45, 2.75) is 74.3 Å². The number of aliphatic hydroxyl groups excluding tert-OH is 3. The molecule has 35 heavy (non-hydrogen) atoms. The number of aromatic nitrogens is 4. The summed E-state index contributed by atoms with van der Waals surface area (Å²) in [5, 5.41) is 37.5. The standard InChI is InChI=1S/C20H31ClN5O8P/c1-33-10-20(9-27,35(30,31)32)7-6-13-14(28)15(29)18(34-13)26-17-12(8-22-26)16(24-19(21)25-17)23-11-4-2-3-5-11/h8,11,13-15,18,27-29H,2-7,9-10H2,1H3,(H,23,24,25)(H2,30,31,32)/t13-,14-,15-,18-,20-/m1/s1. The molecule has 0 aromatic carbocycles. The average Bonchev–Trinajstić information content (AvgIpc) is 3.52. The van der Waals surface area contributed by atoms with Crippen molar-refractivity contribution in [3.8, 4) is 0 Å². The van der Waals surface area contributed by atoms with Crippen molar-refractivity contribution in [2.75, 3.05) is 25.6 Å². The lowest BCUT2D eigenvalue weighted by atomic mass is 9.98. The van der Waals surface area contributed by atoms with Gasteiger partial charge in [-0.15, -0.1) is 0 Å². The van der Waals surface area contributed by atoms with Crippen LogP contribution in [0.25, 0.3) is 11.0 Å². The summed E-state index contributed by atoms with van der Waals surface area (Å²) in [7, 11) is -3.50. The molecule has 0 amide bonds. The van der Waals surface area contributed by atoms with E-state index in [1.807, 2.05) is 0 Å². The highest BCUT2D eigenvalue weighted by atomic mass is 35.5. The van der Waals surface area contributed by atoms with Gasteiger partial charge < -0.3 is 39.9 Å². The molecular formula is C20H31ClN5O8P. The van der Waals surface area contributed by atoms with Gasteiger partial charge in [0.1, 0.15) is 23.2 Å². The van der Waals surface area contributed by atoms with Gasteiger partial charge in [0.25, 0.3) is 0 Å². The molecule has 15 heteroatoms. The Hall–Kier alpha value is -1.41. The van der Waals surface area contributed by atoms with E-state index in [0.717, 1.165) is 25.7 Å². The molecule has 1 saturated carbocycles. The lowest BCUT2D eigenvalue weighted by Gasteiger charge is -2.32. The molecule has 5 atom stereocenters. The molecule has 3 heterocycles. The zero-order valence-corrected chi connectivity index (χ0v) is 20.8. The van der Waals surface area contributed by atoms with Crippen molar-refractivity contribution in [3.05, 3.63) is 11.5 Å². The van der Waals surface area contributed by atoms with Crippen LogP contribution in [0.2, 0.25) is 5.28 Å². The number of hydrogen-bond acceptors (Lipinski definition) is 10. The number of halogens is 1. The van der Waals surface area contributed by atoms with E-state index in [4.69, 9.17) is 21.1 Å². The fourth-order valence-corrected chi connectivity index (χ4v) is 5.89. The fraction of sp³-hybridized carbons (Fsp3) is 0.750. The summed E-state index contributed by atoms with van der Waals surface area (Å²) in [6, 6.07) is 0.264. The van der Waals surface area contributed by atoms with Gasteiger partial charge in [-0.1, -0.05) is 12.8 Å². The molecule has 196 valence electrons. The molecule has 4 rings (SSSR count). The van der Waals surface area contributed by atoms with Crippen LogP contribution in [-0.2, 0) is 14.0 Å². The molecule has 6 N–H and O–H groups in total. The van der Waals surface area contributed by atoms with Crippen molar-refractivity contribution >= 4 is 36.0 Å². The number of methoxy groups -OCH3 is 1. The molecule has 0 unspecified atom stereocenters. The van der Waals surface area contributed by atoms with Crippen LogP contribution in [0.1, 0.15) is 44.8 Å².